The van der Waals surface area contributed by atoms with E-state index in [4.69, 9.17) is 4.98 Å². The fraction of sp³-hybridized carbons (Fsp3) is 0.680. The van der Waals surface area contributed by atoms with Crippen LogP contribution in [0.4, 0.5) is 14.7 Å². The Morgan fingerprint density at radius 3 is 2.54 bits per heavy atom. The molecule has 1 aromatic heterocycles. The van der Waals surface area contributed by atoms with E-state index < -0.39 is 21.2 Å². The standard InChI is InChI=1S/C25H33F2N5O2S/c1-24(4-5-24)35(33,34)32-8-2-19(3-9-32)30-23-29-14-17-10-16(22(26)27)11-20(21(17)31-23)18-12-25(13-18)6-7-28-15-25/h10-11,14,18-19,22,28H,2-9,12-13,15H2,1H3,(H,29,30,31). The van der Waals surface area contributed by atoms with E-state index in [-0.39, 0.29) is 17.5 Å². The lowest BCUT2D eigenvalue weighted by molar-refractivity contribution is 0.127. The van der Waals surface area contributed by atoms with Gasteiger partial charge in [-0.3, -0.25) is 0 Å². The van der Waals surface area contributed by atoms with Gasteiger partial charge in [0.1, 0.15) is 0 Å². The summed E-state index contributed by atoms with van der Waals surface area (Å²) in [6.07, 6.45) is 5.11. The van der Waals surface area contributed by atoms with Crippen molar-refractivity contribution in [1.82, 2.24) is 19.6 Å². The number of halogens is 2. The number of hydrogen-bond acceptors (Lipinski definition) is 6. The third-order valence-electron chi connectivity index (χ3n) is 8.82. The normalized spacial score (nSPS) is 29.1. The molecule has 3 heterocycles. The predicted octanol–water partition coefficient (Wildman–Crippen LogP) is 4.18. The van der Waals surface area contributed by atoms with Crippen molar-refractivity contribution in [2.75, 3.05) is 31.5 Å². The van der Waals surface area contributed by atoms with Gasteiger partial charge in [0.25, 0.3) is 6.43 Å². The summed E-state index contributed by atoms with van der Waals surface area (Å²) in [7, 11) is -3.24. The van der Waals surface area contributed by atoms with Crippen LogP contribution in [0.1, 0.15) is 75.3 Å². The maximum Gasteiger partial charge on any atom is 0.263 e. The minimum atomic E-state index is -3.24. The molecule has 10 heteroatoms. The molecule has 4 aliphatic rings. The molecule has 2 N–H and O–H groups in total. The molecule has 2 aliphatic carbocycles. The fourth-order valence-corrected chi connectivity index (χ4v) is 8.15. The van der Waals surface area contributed by atoms with Gasteiger partial charge in [-0.25, -0.2) is 31.5 Å². The molecule has 2 aliphatic heterocycles. The Morgan fingerprint density at radius 1 is 1.17 bits per heavy atom. The largest absolute Gasteiger partial charge is 0.351 e. The van der Waals surface area contributed by atoms with Gasteiger partial charge >= 0.3 is 0 Å². The highest BCUT2D eigenvalue weighted by molar-refractivity contribution is 7.90. The van der Waals surface area contributed by atoms with Gasteiger partial charge < -0.3 is 10.6 Å². The Morgan fingerprint density at radius 2 is 1.91 bits per heavy atom. The summed E-state index contributed by atoms with van der Waals surface area (Å²) in [5.74, 6) is 0.715. The summed E-state index contributed by atoms with van der Waals surface area (Å²) in [6, 6.07) is 3.22. The molecule has 1 spiro atoms. The highest BCUT2D eigenvalue weighted by Gasteiger charge is 2.53. The summed E-state index contributed by atoms with van der Waals surface area (Å²) in [5, 5.41) is 7.47. The first-order chi connectivity index (χ1) is 16.7. The first-order valence-electron chi connectivity index (χ1n) is 12.7. The number of anilines is 1. The number of hydrogen-bond donors (Lipinski definition) is 2. The average Bonchev–Trinajstić information content (AvgIpc) is 3.39. The van der Waals surface area contributed by atoms with Crippen LogP contribution in [0.2, 0.25) is 0 Å². The Labute approximate surface area is 205 Å². The second-order valence-electron chi connectivity index (χ2n) is 11.3. The van der Waals surface area contributed by atoms with E-state index in [2.05, 4.69) is 15.6 Å². The lowest BCUT2D eigenvalue weighted by Crippen LogP contribution is -2.46. The molecule has 2 saturated heterocycles. The monoisotopic (exact) mass is 505 g/mol. The van der Waals surface area contributed by atoms with Crippen molar-refractivity contribution in [3.05, 3.63) is 29.5 Å². The van der Waals surface area contributed by atoms with E-state index >= 15 is 0 Å². The molecule has 0 amide bonds. The average molecular weight is 506 g/mol. The number of aromatic nitrogens is 2. The number of alkyl halides is 2. The molecule has 0 radical (unpaired) electrons. The third kappa shape index (κ3) is 4.11. The maximum atomic E-state index is 13.6. The van der Waals surface area contributed by atoms with Crippen LogP contribution < -0.4 is 10.6 Å². The molecular formula is C25H33F2N5O2S. The molecule has 0 bridgehead atoms. The third-order valence-corrected chi connectivity index (χ3v) is 11.5. The van der Waals surface area contributed by atoms with E-state index in [1.54, 1.807) is 16.6 Å². The number of piperidine rings is 1. The second-order valence-corrected chi connectivity index (χ2v) is 13.8. The smallest absolute Gasteiger partial charge is 0.263 e. The first-order valence-corrected chi connectivity index (χ1v) is 14.2. The van der Waals surface area contributed by atoms with Crippen LogP contribution in [0.3, 0.4) is 0 Å². The Hall–Kier alpha value is -1.91. The van der Waals surface area contributed by atoms with E-state index in [0.717, 1.165) is 56.3 Å². The lowest BCUT2D eigenvalue weighted by Gasteiger charge is -2.45. The highest BCUT2D eigenvalue weighted by Crippen LogP contribution is 2.55. The Bertz CT molecular complexity index is 1230. The van der Waals surface area contributed by atoms with Crippen LogP contribution in [0.5, 0.6) is 0 Å². The molecule has 6 rings (SSSR count). The minimum Gasteiger partial charge on any atom is -0.351 e. The molecule has 1 aromatic carbocycles. The van der Waals surface area contributed by atoms with Gasteiger partial charge in [-0.05, 0) is 87.4 Å². The molecule has 7 nitrogen and oxygen atoms in total. The quantitative estimate of drug-likeness (QED) is 0.613. The molecule has 4 fully saturated rings. The van der Waals surface area contributed by atoms with Crippen molar-refractivity contribution in [3.8, 4) is 0 Å². The number of sulfonamides is 1. The van der Waals surface area contributed by atoms with Gasteiger partial charge in [0.15, 0.2) is 0 Å². The van der Waals surface area contributed by atoms with Gasteiger partial charge in [-0.2, -0.15) is 0 Å². The first kappa shape index (κ1) is 23.5. The van der Waals surface area contributed by atoms with E-state index in [1.165, 1.54) is 6.07 Å². The number of rotatable bonds is 6. The SMILES string of the molecule is CC1(S(=O)(=O)N2CCC(Nc3ncc4cc(C(F)F)cc(C5CC6(CCNC6)C5)c4n3)CC2)CC1. The maximum absolute atomic E-state index is 13.6. The van der Waals surface area contributed by atoms with Crippen LogP contribution in [-0.2, 0) is 10.0 Å². The minimum absolute atomic E-state index is 0.0280. The summed E-state index contributed by atoms with van der Waals surface area (Å²) in [5.41, 5.74) is 1.98. The van der Waals surface area contributed by atoms with Gasteiger partial charge in [-0.1, -0.05) is 0 Å². The summed E-state index contributed by atoms with van der Waals surface area (Å²) >= 11 is 0. The van der Waals surface area contributed by atoms with Gasteiger partial charge in [0.2, 0.25) is 16.0 Å². The number of benzene rings is 1. The van der Waals surface area contributed by atoms with Crippen LogP contribution in [0.25, 0.3) is 10.9 Å². The van der Waals surface area contributed by atoms with Crippen molar-refractivity contribution < 1.29 is 17.2 Å². The number of nitrogens with zero attached hydrogens (tertiary/aromatic N) is 3. The molecule has 2 saturated carbocycles. The number of fused-ring (bicyclic) bond motifs is 1. The highest BCUT2D eigenvalue weighted by atomic mass is 32.2. The van der Waals surface area contributed by atoms with Crippen molar-refractivity contribution in [2.45, 2.75) is 75.0 Å². The summed E-state index contributed by atoms with van der Waals surface area (Å²) in [4.78, 5) is 9.21. The topological polar surface area (TPSA) is 87.2 Å². The van der Waals surface area contributed by atoms with E-state index in [1.807, 2.05) is 6.92 Å². The zero-order valence-electron chi connectivity index (χ0n) is 20.1. The number of nitrogens with one attached hydrogen (secondary N) is 2. The van der Waals surface area contributed by atoms with Crippen molar-refractivity contribution >= 4 is 26.9 Å². The van der Waals surface area contributed by atoms with Gasteiger partial charge in [0.05, 0.1) is 10.3 Å². The van der Waals surface area contributed by atoms with Crippen molar-refractivity contribution in [2.24, 2.45) is 5.41 Å². The summed E-state index contributed by atoms with van der Waals surface area (Å²) in [6.45, 7) is 4.85. The van der Waals surface area contributed by atoms with Crippen LogP contribution in [-0.4, -0.2) is 59.7 Å². The van der Waals surface area contributed by atoms with Crippen molar-refractivity contribution in [3.63, 3.8) is 0 Å². The van der Waals surface area contributed by atoms with E-state index in [9.17, 15) is 17.2 Å². The lowest BCUT2D eigenvalue weighted by atomic mass is 9.59. The van der Waals surface area contributed by atoms with Gasteiger partial charge in [-0.15, -0.1) is 0 Å². The van der Waals surface area contributed by atoms with Crippen molar-refractivity contribution in [1.29, 1.82) is 0 Å². The molecule has 190 valence electrons. The zero-order valence-corrected chi connectivity index (χ0v) is 20.9. The van der Waals surface area contributed by atoms with Gasteiger partial charge in [0, 0.05) is 42.8 Å². The zero-order chi connectivity index (χ0) is 24.4. The molecule has 0 atom stereocenters. The Balaban J connectivity index is 1.20. The molecular weight excluding hydrogens is 472 g/mol. The molecule has 35 heavy (non-hydrogen) atoms. The second kappa shape index (κ2) is 8.31. The van der Waals surface area contributed by atoms with Crippen LogP contribution >= 0.6 is 0 Å². The predicted molar refractivity (Wildman–Crippen MR) is 131 cm³/mol. The van der Waals surface area contributed by atoms with Crippen LogP contribution in [0, 0.1) is 5.41 Å². The Kier molecular flexibility index (Phi) is 5.58. The van der Waals surface area contributed by atoms with Crippen LogP contribution in [0.15, 0.2) is 18.3 Å². The molecule has 2 aromatic rings. The van der Waals surface area contributed by atoms with E-state index in [0.29, 0.717) is 42.7 Å². The fourth-order valence-electron chi connectivity index (χ4n) is 6.22. The summed E-state index contributed by atoms with van der Waals surface area (Å²) < 4.78 is 53.9. The molecule has 0 unspecified atom stereocenters.